The van der Waals surface area contributed by atoms with E-state index in [1.807, 2.05) is 0 Å². The number of unbranched alkanes of at least 4 members (excludes halogenated alkanes) is 1. The number of carbonyl (C=O) groups is 4. The molecule has 1 N–H and O–H groups in total. The first kappa shape index (κ1) is 28.5. The fourth-order valence-corrected chi connectivity index (χ4v) is 3.10. The van der Waals surface area contributed by atoms with Crippen LogP contribution >= 0.6 is 0 Å². The smallest absolute Gasteiger partial charge is 0.508 e. The Morgan fingerprint density at radius 1 is 0.744 bits per heavy atom. The summed E-state index contributed by atoms with van der Waals surface area (Å²) in [6.45, 7) is 5.26. The number of rotatable bonds is 11. The predicted molar refractivity (Wildman–Crippen MR) is 138 cm³/mol. The van der Waals surface area contributed by atoms with Gasteiger partial charge in [0.05, 0.1) is 24.3 Å². The second-order valence-corrected chi connectivity index (χ2v) is 8.06. The largest absolute Gasteiger partial charge is 0.513 e. The molecule has 0 amide bonds. The van der Waals surface area contributed by atoms with Crippen molar-refractivity contribution in [3.63, 3.8) is 0 Å². The highest BCUT2D eigenvalue weighted by molar-refractivity contribution is 5.92. The molecule has 0 atom stereocenters. The number of esters is 3. The summed E-state index contributed by atoms with van der Waals surface area (Å²) in [5.74, 6) is -1.02. The van der Waals surface area contributed by atoms with Gasteiger partial charge in [-0.2, -0.15) is 0 Å². The van der Waals surface area contributed by atoms with Gasteiger partial charge in [0, 0.05) is 6.08 Å². The average Bonchev–Trinajstić information content (AvgIpc) is 2.92. The molecule has 0 bridgehead atoms. The molecule has 202 valence electrons. The highest BCUT2D eigenvalue weighted by Gasteiger charge is 2.14. The van der Waals surface area contributed by atoms with Gasteiger partial charge < -0.3 is 28.8 Å². The van der Waals surface area contributed by atoms with Crippen molar-refractivity contribution in [1.82, 2.24) is 0 Å². The van der Waals surface area contributed by atoms with Crippen LogP contribution in [0.15, 0.2) is 79.4 Å². The number of hydrogen-bond donors (Lipinski definition) is 1. The molecule has 0 aromatic heterocycles. The molecule has 3 aromatic rings. The van der Waals surface area contributed by atoms with E-state index in [1.165, 1.54) is 60.7 Å². The van der Waals surface area contributed by atoms with E-state index in [2.05, 4.69) is 6.58 Å². The summed E-state index contributed by atoms with van der Waals surface area (Å²) in [4.78, 5) is 47.6. The van der Waals surface area contributed by atoms with E-state index in [0.29, 0.717) is 18.4 Å². The van der Waals surface area contributed by atoms with Crippen LogP contribution in [0.3, 0.4) is 0 Å². The molecule has 0 radical (unpaired) electrons. The van der Waals surface area contributed by atoms with Crippen molar-refractivity contribution in [2.75, 3.05) is 13.2 Å². The van der Waals surface area contributed by atoms with Gasteiger partial charge in [-0.05, 0) is 92.1 Å². The Morgan fingerprint density at radius 3 is 1.92 bits per heavy atom. The van der Waals surface area contributed by atoms with Crippen molar-refractivity contribution < 1.29 is 48.0 Å². The standard InChI is InChI=1S/C29H26O10/c1-3-26(31)35-16-4-5-17-36-29(34)38-23-12-8-21(9-13-23)28(33)39-25-15-14-24(18-19(25)2)37-27(32)20-6-10-22(30)11-7-20/h3,6-15,18,30H,1,4-5,16-17H2,2H3. The number of ether oxygens (including phenoxy) is 5. The maximum absolute atomic E-state index is 12.6. The van der Waals surface area contributed by atoms with Crippen LogP contribution in [0.1, 0.15) is 39.1 Å². The lowest BCUT2D eigenvalue weighted by Gasteiger charge is -2.10. The summed E-state index contributed by atoms with van der Waals surface area (Å²) in [6.07, 6.45) is 1.15. The number of carbonyl (C=O) groups excluding carboxylic acids is 4. The maximum atomic E-state index is 12.6. The summed E-state index contributed by atoms with van der Waals surface area (Å²) in [5, 5.41) is 9.33. The first-order valence-corrected chi connectivity index (χ1v) is 11.8. The SMILES string of the molecule is C=CC(=O)OCCCCOC(=O)Oc1ccc(C(=O)Oc2ccc(OC(=O)c3ccc(O)cc3)cc2C)cc1. The van der Waals surface area contributed by atoms with Gasteiger partial charge in [-0.25, -0.2) is 19.2 Å². The van der Waals surface area contributed by atoms with E-state index < -0.39 is 24.1 Å². The number of hydrogen-bond acceptors (Lipinski definition) is 10. The number of benzene rings is 3. The van der Waals surface area contributed by atoms with Crippen molar-refractivity contribution in [2.45, 2.75) is 19.8 Å². The first-order valence-electron chi connectivity index (χ1n) is 11.8. The highest BCUT2D eigenvalue weighted by atomic mass is 16.7. The molecule has 0 unspecified atom stereocenters. The van der Waals surface area contributed by atoms with Crippen LogP contribution in [-0.4, -0.2) is 42.4 Å². The van der Waals surface area contributed by atoms with Crippen molar-refractivity contribution in [3.05, 3.63) is 96.1 Å². The number of phenols is 1. The zero-order valence-corrected chi connectivity index (χ0v) is 21.1. The van der Waals surface area contributed by atoms with Crippen LogP contribution in [0.25, 0.3) is 0 Å². The molecule has 0 fully saturated rings. The third-order valence-corrected chi connectivity index (χ3v) is 5.12. The van der Waals surface area contributed by atoms with Gasteiger partial charge in [0.25, 0.3) is 0 Å². The van der Waals surface area contributed by atoms with Gasteiger partial charge in [0.1, 0.15) is 23.0 Å². The number of phenolic OH excluding ortho intramolecular Hbond substituents is 1. The fourth-order valence-electron chi connectivity index (χ4n) is 3.10. The number of aryl methyl sites for hydroxylation is 1. The van der Waals surface area contributed by atoms with Crippen LogP contribution in [-0.2, 0) is 14.3 Å². The second-order valence-electron chi connectivity index (χ2n) is 8.06. The monoisotopic (exact) mass is 534 g/mol. The Bertz CT molecular complexity index is 1330. The van der Waals surface area contributed by atoms with Gasteiger partial charge in [-0.1, -0.05) is 6.58 Å². The Morgan fingerprint density at radius 2 is 1.31 bits per heavy atom. The molecule has 0 spiro atoms. The molecule has 3 rings (SSSR count). The minimum atomic E-state index is -0.907. The molecule has 39 heavy (non-hydrogen) atoms. The summed E-state index contributed by atoms with van der Waals surface area (Å²) in [5.41, 5.74) is 1.04. The van der Waals surface area contributed by atoms with Gasteiger partial charge in [0.15, 0.2) is 0 Å². The molecule has 0 aliphatic carbocycles. The first-order chi connectivity index (χ1) is 18.7. The van der Waals surface area contributed by atoms with Gasteiger partial charge in [-0.15, -0.1) is 0 Å². The quantitative estimate of drug-likeness (QED) is 0.115. The molecule has 0 saturated heterocycles. The lowest BCUT2D eigenvalue weighted by Crippen LogP contribution is -2.13. The van der Waals surface area contributed by atoms with E-state index in [1.54, 1.807) is 13.0 Å². The normalized spacial score (nSPS) is 10.2. The van der Waals surface area contributed by atoms with E-state index in [9.17, 15) is 24.3 Å². The second kappa shape index (κ2) is 14.0. The predicted octanol–water partition coefficient (Wildman–Crippen LogP) is 5.16. The summed E-state index contributed by atoms with van der Waals surface area (Å²) in [7, 11) is 0. The fraction of sp³-hybridized carbons (Fsp3) is 0.172. The zero-order valence-electron chi connectivity index (χ0n) is 21.1. The lowest BCUT2D eigenvalue weighted by molar-refractivity contribution is -0.137. The molecular formula is C29H26O10. The van der Waals surface area contributed by atoms with Crippen LogP contribution in [0.4, 0.5) is 4.79 Å². The summed E-state index contributed by atoms with van der Waals surface area (Å²) >= 11 is 0. The average molecular weight is 535 g/mol. The molecule has 10 heteroatoms. The topological polar surface area (TPSA) is 135 Å². The van der Waals surface area contributed by atoms with Crippen molar-refractivity contribution in [1.29, 1.82) is 0 Å². The van der Waals surface area contributed by atoms with E-state index in [-0.39, 0.29) is 47.3 Å². The van der Waals surface area contributed by atoms with Crippen LogP contribution in [0.2, 0.25) is 0 Å². The van der Waals surface area contributed by atoms with Crippen LogP contribution in [0, 0.1) is 6.92 Å². The molecule has 0 saturated carbocycles. The molecule has 0 aliphatic rings. The van der Waals surface area contributed by atoms with E-state index in [4.69, 9.17) is 23.7 Å². The molecule has 0 aliphatic heterocycles. The summed E-state index contributed by atoms with van der Waals surface area (Å²) in [6, 6.07) is 15.9. The van der Waals surface area contributed by atoms with Crippen LogP contribution < -0.4 is 14.2 Å². The van der Waals surface area contributed by atoms with Crippen molar-refractivity contribution in [2.24, 2.45) is 0 Å². The lowest BCUT2D eigenvalue weighted by atomic mass is 10.2. The minimum absolute atomic E-state index is 0.0344. The Labute approximate surface area is 224 Å². The summed E-state index contributed by atoms with van der Waals surface area (Å²) < 4.78 is 25.6. The van der Waals surface area contributed by atoms with E-state index in [0.717, 1.165) is 6.08 Å². The Kier molecular flexibility index (Phi) is 10.2. The van der Waals surface area contributed by atoms with E-state index >= 15 is 0 Å². The van der Waals surface area contributed by atoms with Gasteiger partial charge >= 0.3 is 24.1 Å². The Hall–Kier alpha value is -5.12. The highest BCUT2D eigenvalue weighted by Crippen LogP contribution is 2.25. The molecule has 3 aromatic carbocycles. The maximum Gasteiger partial charge on any atom is 0.513 e. The third-order valence-electron chi connectivity index (χ3n) is 5.12. The van der Waals surface area contributed by atoms with Crippen molar-refractivity contribution in [3.8, 4) is 23.0 Å². The van der Waals surface area contributed by atoms with Crippen LogP contribution in [0.5, 0.6) is 23.0 Å². The van der Waals surface area contributed by atoms with Gasteiger partial charge in [0.2, 0.25) is 0 Å². The minimum Gasteiger partial charge on any atom is -0.508 e. The molecule has 10 nitrogen and oxygen atoms in total. The zero-order chi connectivity index (χ0) is 28.2. The third kappa shape index (κ3) is 9.04. The molecular weight excluding hydrogens is 508 g/mol. The van der Waals surface area contributed by atoms with Crippen molar-refractivity contribution >= 4 is 24.1 Å². The molecule has 0 heterocycles. The van der Waals surface area contributed by atoms with Gasteiger partial charge in [-0.3, -0.25) is 0 Å². The Balaban J connectivity index is 1.46. The number of aromatic hydroxyl groups is 1.